The van der Waals surface area contributed by atoms with Crippen LogP contribution in [0, 0.1) is 12.7 Å². The molecule has 7 heteroatoms. The quantitative estimate of drug-likeness (QED) is 0.388. The van der Waals surface area contributed by atoms with Crippen LogP contribution in [-0.2, 0) is 32.7 Å². The summed E-state index contributed by atoms with van der Waals surface area (Å²) < 4.78 is 33.7. The summed E-state index contributed by atoms with van der Waals surface area (Å²) in [5.41, 5.74) is 7.31. The minimum Gasteiger partial charge on any atom is -0.497 e. The third-order valence-corrected chi connectivity index (χ3v) is 7.87. The normalized spacial score (nSPS) is 16.7. The highest BCUT2D eigenvalue weighted by Gasteiger charge is 2.36. The molecule has 2 aliphatic heterocycles. The van der Waals surface area contributed by atoms with E-state index in [2.05, 4.69) is 23.1 Å². The number of rotatable bonds is 6. The van der Waals surface area contributed by atoms with E-state index in [9.17, 15) is 9.50 Å². The van der Waals surface area contributed by atoms with Crippen molar-refractivity contribution < 1.29 is 23.7 Å². The first-order valence-corrected chi connectivity index (χ1v) is 12.6. The second-order valence-electron chi connectivity index (χ2n) is 9.90. The van der Waals surface area contributed by atoms with E-state index in [1.54, 1.807) is 20.3 Å². The predicted octanol–water partition coefficient (Wildman–Crippen LogP) is 5.29. The Balaban J connectivity index is 1.35. The van der Waals surface area contributed by atoms with Gasteiger partial charge in [0, 0.05) is 35.8 Å². The molecule has 6 nitrogen and oxygen atoms in total. The number of halogens is 1. The van der Waals surface area contributed by atoms with Crippen LogP contribution in [0.1, 0.15) is 39.6 Å². The van der Waals surface area contributed by atoms with Gasteiger partial charge in [-0.1, -0.05) is 12.1 Å². The lowest BCUT2D eigenvalue weighted by Gasteiger charge is -2.41. The van der Waals surface area contributed by atoms with Crippen molar-refractivity contribution in [2.45, 2.75) is 45.7 Å². The molecule has 6 rings (SSSR count). The number of aromatic nitrogens is 1. The number of hydrogen-bond donors (Lipinski definition) is 1. The second kappa shape index (κ2) is 9.39. The zero-order chi connectivity index (χ0) is 25.7. The highest BCUT2D eigenvalue weighted by molar-refractivity contribution is 5.87. The fraction of sp³-hybridized carbons (Fsp3) is 0.333. The molecule has 1 atom stereocenters. The van der Waals surface area contributed by atoms with Gasteiger partial charge in [0.25, 0.3) is 0 Å². The number of aliphatic hydroxyl groups is 1. The van der Waals surface area contributed by atoms with Gasteiger partial charge in [0.2, 0.25) is 0 Å². The van der Waals surface area contributed by atoms with E-state index in [-0.39, 0.29) is 25.2 Å². The molecule has 0 fully saturated rings. The van der Waals surface area contributed by atoms with Crippen molar-refractivity contribution in [3.05, 3.63) is 87.9 Å². The number of aliphatic hydroxyl groups excluding tert-OH is 1. The maximum absolute atomic E-state index is 14.4. The molecule has 1 aromatic heterocycles. The number of nitrogens with zero attached hydrogens (tertiary/aromatic N) is 2. The van der Waals surface area contributed by atoms with E-state index in [4.69, 9.17) is 14.2 Å². The van der Waals surface area contributed by atoms with Crippen LogP contribution < -0.4 is 14.2 Å². The van der Waals surface area contributed by atoms with E-state index in [1.807, 2.05) is 29.7 Å². The Hall–Kier alpha value is -3.55. The Morgan fingerprint density at radius 3 is 2.65 bits per heavy atom. The minimum absolute atomic E-state index is 0.0522. The Morgan fingerprint density at radius 2 is 1.89 bits per heavy atom. The zero-order valence-corrected chi connectivity index (χ0v) is 21.4. The van der Waals surface area contributed by atoms with Crippen molar-refractivity contribution >= 4 is 10.9 Å². The van der Waals surface area contributed by atoms with Crippen LogP contribution in [0.5, 0.6) is 17.2 Å². The Morgan fingerprint density at radius 1 is 1.03 bits per heavy atom. The van der Waals surface area contributed by atoms with Crippen LogP contribution in [0.25, 0.3) is 10.9 Å². The molecule has 37 heavy (non-hydrogen) atoms. The Kier molecular flexibility index (Phi) is 6.05. The summed E-state index contributed by atoms with van der Waals surface area (Å²) in [7, 11) is 3.32. The lowest BCUT2D eigenvalue weighted by molar-refractivity contribution is 0.145. The van der Waals surface area contributed by atoms with E-state index in [0.29, 0.717) is 17.1 Å². The fourth-order valence-electron chi connectivity index (χ4n) is 5.93. The molecule has 4 aromatic rings. The van der Waals surface area contributed by atoms with Crippen LogP contribution in [0.2, 0.25) is 0 Å². The fourth-order valence-corrected chi connectivity index (χ4v) is 5.93. The van der Waals surface area contributed by atoms with Crippen molar-refractivity contribution in [1.29, 1.82) is 0 Å². The summed E-state index contributed by atoms with van der Waals surface area (Å²) in [6.07, 6.45) is 1.71. The van der Waals surface area contributed by atoms with Gasteiger partial charge in [-0.15, -0.1) is 0 Å². The van der Waals surface area contributed by atoms with Crippen LogP contribution in [-0.4, -0.2) is 35.3 Å². The molecule has 0 bridgehead atoms. The molecule has 1 N–H and O–H groups in total. The first-order chi connectivity index (χ1) is 18.0. The minimum atomic E-state index is -0.260. The highest BCUT2D eigenvalue weighted by atomic mass is 19.1. The first-order valence-electron chi connectivity index (χ1n) is 12.6. The lowest BCUT2D eigenvalue weighted by Crippen LogP contribution is -2.39. The molecule has 3 heterocycles. The van der Waals surface area contributed by atoms with Gasteiger partial charge in [0.05, 0.1) is 19.7 Å². The van der Waals surface area contributed by atoms with Crippen LogP contribution in [0.4, 0.5) is 4.39 Å². The number of methoxy groups -OCH3 is 2. The summed E-state index contributed by atoms with van der Waals surface area (Å²) in [6, 6.07) is 15.6. The number of hydrogen-bond acceptors (Lipinski definition) is 5. The molecule has 1 unspecified atom stereocenters. The number of benzene rings is 3. The van der Waals surface area contributed by atoms with Gasteiger partial charge in [0.15, 0.2) is 11.5 Å². The van der Waals surface area contributed by atoms with Gasteiger partial charge in [-0.25, -0.2) is 4.39 Å². The van der Waals surface area contributed by atoms with Gasteiger partial charge in [-0.3, -0.25) is 4.90 Å². The molecule has 0 saturated heterocycles. The molecule has 2 aliphatic rings. The molecule has 3 aromatic carbocycles. The lowest BCUT2D eigenvalue weighted by atomic mass is 9.85. The van der Waals surface area contributed by atoms with Crippen molar-refractivity contribution in [3.8, 4) is 17.2 Å². The van der Waals surface area contributed by atoms with Gasteiger partial charge in [-0.05, 0) is 78.4 Å². The Labute approximate surface area is 215 Å². The smallest absolute Gasteiger partial charge is 0.161 e. The SMILES string of the molecule is COc1ccc2c(c1)c1c(n2CO)CN2CCc3cc(OCc4ccc(C)cc4F)c(OC)cc3C2C1. The first kappa shape index (κ1) is 23.8. The van der Waals surface area contributed by atoms with E-state index >= 15 is 0 Å². The van der Waals surface area contributed by atoms with Gasteiger partial charge >= 0.3 is 0 Å². The topological polar surface area (TPSA) is 56.1 Å². The predicted molar refractivity (Wildman–Crippen MR) is 140 cm³/mol. The number of ether oxygens (including phenoxy) is 3. The van der Waals surface area contributed by atoms with Crippen LogP contribution in [0.15, 0.2) is 48.5 Å². The van der Waals surface area contributed by atoms with Gasteiger partial charge < -0.3 is 23.9 Å². The van der Waals surface area contributed by atoms with Crippen LogP contribution >= 0.6 is 0 Å². The largest absolute Gasteiger partial charge is 0.497 e. The molecule has 0 radical (unpaired) electrons. The molecule has 0 saturated carbocycles. The standard InChI is InChI=1S/C30H31FN2O4/c1-18-4-5-20(25(31)10-18)16-37-30-11-19-8-9-32-15-28-24(13-27(32)22(19)14-29(30)36-3)23-12-21(35-2)6-7-26(23)33(28)17-34/h4-7,10-12,14,27,34H,8-9,13,15-17H2,1-3H3. The molecule has 0 aliphatic carbocycles. The summed E-state index contributed by atoms with van der Waals surface area (Å²) in [6.45, 7) is 3.64. The zero-order valence-electron chi connectivity index (χ0n) is 21.4. The summed E-state index contributed by atoms with van der Waals surface area (Å²) in [5, 5.41) is 11.3. The highest BCUT2D eigenvalue weighted by Crippen LogP contribution is 2.45. The van der Waals surface area contributed by atoms with Crippen LogP contribution in [0.3, 0.4) is 0 Å². The number of fused-ring (bicyclic) bond motifs is 6. The molecule has 0 spiro atoms. The van der Waals surface area contributed by atoms with Crippen molar-refractivity contribution in [1.82, 2.24) is 9.47 Å². The molecular weight excluding hydrogens is 471 g/mol. The molecule has 192 valence electrons. The maximum Gasteiger partial charge on any atom is 0.161 e. The van der Waals surface area contributed by atoms with E-state index in [1.165, 1.54) is 22.8 Å². The second-order valence-corrected chi connectivity index (χ2v) is 9.90. The van der Waals surface area contributed by atoms with E-state index in [0.717, 1.165) is 53.8 Å². The van der Waals surface area contributed by atoms with E-state index < -0.39 is 0 Å². The van der Waals surface area contributed by atoms with Crippen molar-refractivity contribution in [3.63, 3.8) is 0 Å². The third-order valence-electron chi connectivity index (χ3n) is 7.87. The van der Waals surface area contributed by atoms with Crippen molar-refractivity contribution in [2.24, 2.45) is 0 Å². The average Bonchev–Trinajstić information content (AvgIpc) is 3.22. The average molecular weight is 503 g/mol. The molecular formula is C30H31FN2O4. The molecule has 0 amide bonds. The summed E-state index contributed by atoms with van der Waals surface area (Å²) >= 11 is 0. The summed E-state index contributed by atoms with van der Waals surface area (Å²) in [4.78, 5) is 2.48. The number of aryl methyl sites for hydroxylation is 1. The maximum atomic E-state index is 14.4. The van der Waals surface area contributed by atoms with Gasteiger partial charge in [-0.2, -0.15) is 0 Å². The van der Waals surface area contributed by atoms with Crippen molar-refractivity contribution in [2.75, 3.05) is 20.8 Å². The monoisotopic (exact) mass is 502 g/mol. The van der Waals surface area contributed by atoms with Gasteiger partial charge in [0.1, 0.15) is 24.9 Å². The third kappa shape index (κ3) is 4.03. The Bertz CT molecular complexity index is 1500. The summed E-state index contributed by atoms with van der Waals surface area (Å²) in [5.74, 6) is 1.83.